The molecule has 4 nitrogen and oxygen atoms in total. The normalized spacial score (nSPS) is 23.1. The number of nitrogens with one attached hydrogen (secondary N) is 1. The summed E-state index contributed by atoms with van der Waals surface area (Å²) in [4.78, 5) is 19.8. The first kappa shape index (κ1) is 15.4. The Kier molecular flexibility index (Phi) is 5.16. The summed E-state index contributed by atoms with van der Waals surface area (Å²) in [7, 11) is 2.05. The highest BCUT2D eigenvalue weighted by atomic mass is 32.1. The summed E-state index contributed by atoms with van der Waals surface area (Å²) in [6.07, 6.45) is 4.98. The maximum Gasteiger partial charge on any atom is 0.240 e. The van der Waals surface area contributed by atoms with Gasteiger partial charge in [0.15, 0.2) is 5.13 Å². The third-order valence-electron chi connectivity index (χ3n) is 4.28. The first-order chi connectivity index (χ1) is 9.45. The predicted octanol–water partition coefficient (Wildman–Crippen LogP) is 3.21. The number of hydrogen-bond acceptors (Lipinski definition) is 4. The molecule has 1 aromatic heterocycles. The molecule has 1 heterocycles. The number of anilines is 1. The molecule has 5 heteroatoms. The number of thiazole rings is 1. The van der Waals surface area contributed by atoms with Gasteiger partial charge in [-0.2, -0.15) is 0 Å². The van der Waals surface area contributed by atoms with Crippen LogP contribution in [0.4, 0.5) is 5.13 Å². The average Bonchev–Trinajstić information content (AvgIpc) is 2.68. The second-order valence-corrected chi connectivity index (χ2v) is 7.24. The number of amides is 1. The molecule has 0 spiro atoms. The number of carbonyl (C=O) groups excluding carboxylic acids is 1. The number of hydrogen-bond donors (Lipinski definition) is 1. The maximum atomic E-state index is 12.1. The number of rotatable bonds is 4. The third-order valence-corrected chi connectivity index (χ3v) is 5.26. The van der Waals surface area contributed by atoms with Crippen LogP contribution in [-0.2, 0) is 4.79 Å². The molecule has 0 aliphatic heterocycles. The number of aromatic nitrogens is 1. The molecule has 0 radical (unpaired) electrons. The molecule has 1 saturated carbocycles. The quantitative estimate of drug-likeness (QED) is 0.927. The van der Waals surface area contributed by atoms with Crippen LogP contribution in [0.25, 0.3) is 0 Å². The zero-order valence-corrected chi connectivity index (χ0v) is 13.7. The molecule has 20 heavy (non-hydrogen) atoms. The van der Waals surface area contributed by atoms with E-state index in [0.717, 1.165) is 21.6 Å². The van der Waals surface area contributed by atoms with Gasteiger partial charge in [-0.05, 0) is 52.5 Å². The lowest BCUT2D eigenvalue weighted by atomic mass is 9.87. The molecular formula is C15H25N3OS. The van der Waals surface area contributed by atoms with Crippen molar-refractivity contribution in [2.45, 2.75) is 52.5 Å². The van der Waals surface area contributed by atoms with E-state index in [4.69, 9.17) is 0 Å². The summed E-state index contributed by atoms with van der Waals surface area (Å²) in [5.41, 5.74) is 1.000. The topological polar surface area (TPSA) is 45.2 Å². The minimum atomic E-state index is 0.0415. The summed E-state index contributed by atoms with van der Waals surface area (Å²) < 4.78 is 0. The lowest BCUT2D eigenvalue weighted by molar-refractivity contribution is -0.117. The largest absolute Gasteiger partial charge is 0.301 e. The fourth-order valence-corrected chi connectivity index (χ4v) is 3.55. The first-order valence-corrected chi connectivity index (χ1v) is 8.21. The summed E-state index contributed by atoms with van der Waals surface area (Å²) >= 11 is 1.54. The van der Waals surface area contributed by atoms with Crippen molar-refractivity contribution in [1.29, 1.82) is 0 Å². The molecule has 0 saturated heterocycles. The van der Waals surface area contributed by atoms with Crippen LogP contribution >= 0.6 is 11.3 Å². The van der Waals surface area contributed by atoms with Gasteiger partial charge in [0.25, 0.3) is 0 Å². The third kappa shape index (κ3) is 4.03. The molecule has 0 aromatic carbocycles. The Balaban J connectivity index is 1.81. The van der Waals surface area contributed by atoms with E-state index in [1.54, 1.807) is 11.3 Å². The maximum absolute atomic E-state index is 12.1. The Morgan fingerprint density at radius 2 is 2.00 bits per heavy atom. The van der Waals surface area contributed by atoms with Crippen molar-refractivity contribution in [2.24, 2.45) is 5.92 Å². The lowest BCUT2D eigenvalue weighted by Gasteiger charge is -2.33. The zero-order chi connectivity index (χ0) is 14.7. The second kappa shape index (κ2) is 6.68. The summed E-state index contributed by atoms with van der Waals surface area (Å²) in [6, 6.07) is 0.553. The van der Waals surface area contributed by atoms with Crippen LogP contribution < -0.4 is 5.32 Å². The Labute approximate surface area is 125 Å². The van der Waals surface area contributed by atoms with Gasteiger partial charge in [0.05, 0.1) is 12.2 Å². The highest BCUT2D eigenvalue weighted by Crippen LogP contribution is 2.26. The minimum absolute atomic E-state index is 0.0415. The molecule has 112 valence electrons. The Bertz CT molecular complexity index is 444. The molecule has 2 rings (SSSR count). The molecule has 1 aliphatic rings. The van der Waals surface area contributed by atoms with Crippen molar-refractivity contribution in [3.63, 3.8) is 0 Å². The second-order valence-electron chi connectivity index (χ2n) is 6.04. The van der Waals surface area contributed by atoms with Crippen LogP contribution in [0.1, 0.15) is 43.2 Å². The number of carbonyl (C=O) groups is 1. The van der Waals surface area contributed by atoms with Crippen LogP contribution in [0.3, 0.4) is 0 Å². The van der Waals surface area contributed by atoms with E-state index < -0.39 is 0 Å². The van der Waals surface area contributed by atoms with Crippen LogP contribution in [0.15, 0.2) is 0 Å². The molecule has 1 aliphatic carbocycles. The van der Waals surface area contributed by atoms with Gasteiger partial charge in [0, 0.05) is 10.9 Å². The van der Waals surface area contributed by atoms with Gasteiger partial charge < -0.3 is 5.32 Å². The molecule has 1 amide bonds. The van der Waals surface area contributed by atoms with Crippen molar-refractivity contribution in [3.05, 3.63) is 10.6 Å². The van der Waals surface area contributed by atoms with Crippen LogP contribution in [0.2, 0.25) is 0 Å². The molecule has 1 fully saturated rings. The van der Waals surface area contributed by atoms with Gasteiger partial charge in [-0.1, -0.05) is 6.92 Å². The summed E-state index contributed by atoms with van der Waals surface area (Å²) in [5, 5.41) is 3.63. The number of likely N-dealkylation sites (N-methyl/N-ethyl adjacent to an activating group) is 1. The van der Waals surface area contributed by atoms with Gasteiger partial charge in [0.2, 0.25) is 5.91 Å². The van der Waals surface area contributed by atoms with Crippen LogP contribution in [-0.4, -0.2) is 35.4 Å². The van der Waals surface area contributed by atoms with Crippen molar-refractivity contribution < 1.29 is 4.79 Å². The SMILES string of the molecule is Cc1nc(NC(=O)CN(C)C2CCC(C)CC2)sc1C. The zero-order valence-electron chi connectivity index (χ0n) is 12.9. The van der Waals surface area contributed by atoms with Gasteiger partial charge in [-0.15, -0.1) is 11.3 Å². The summed E-state index contributed by atoms with van der Waals surface area (Å²) in [6.45, 7) is 6.77. The smallest absolute Gasteiger partial charge is 0.240 e. The Hall–Kier alpha value is -0.940. The van der Waals surface area contributed by atoms with Gasteiger partial charge in [-0.3, -0.25) is 9.69 Å². The van der Waals surface area contributed by atoms with Crippen molar-refractivity contribution in [3.8, 4) is 0 Å². The molecule has 0 unspecified atom stereocenters. The van der Waals surface area contributed by atoms with Gasteiger partial charge in [0.1, 0.15) is 0 Å². The molecular weight excluding hydrogens is 270 g/mol. The summed E-state index contributed by atoms with van der Waals surface area (Å²) in [5.74, 6) is 0.884. The minimum Gasteiger partial charge on any atom is -0.301 e. The first-order valence-electron chi connectivity index (χ1n) is 7.40. The van der Waals surface area contributed by atoms with E-state index in [2.05, 4.69) is 29.2 Å². The van der Waals surface area contributed by atoms with Crippen molar-refractivity contribution in [1.82, 2.24) is 9.88 Å². The van der Waals surface area contributed by atoms with Crippen LogP contribution in [0, 0.1) is 19.8 Å². The van der Waals surface area contributed by atoms with E-state index in [1.165, 1.54) is 25.7 Å². The lowest BCUT2D eigenvalue weighted by Crippen LogP contribution is -2.39. The average molecular weight is 295 g/mol. The fourth-order valence-electron chi connectivity index (χ4n) is 2.72. The highest BCUT2D eigenvalue weighted by molar-refractivity contribution is 7.15. The molecule has 0 bridgehead atoms. The van der Waals surface area contributed by atoms with Gasteiger partial charge >= 0.3 is 0 Å². The van der Waals surface area contributed by atoms with E-state index in [9.17, 15) is 4.79 Å². The van der Waals surface area contributed by atoms with Gasteiger partial charge in [-0.25, -0.2) is 4.98 Å². The van der Waals surface area contributed by atoms with Crippen LogP contribution in [0.5, 0.6) is 0 Å². The van der Waals surface area contributed by atoms with E-state index in [1.807, 2.05) is 13.8 Å². The number of nitrogens with zero attached hydrogens (tertiary/aromatic N) is 2. The number of aryl methyl sites for hydroxylation is 2. The standard InChI is InChI=1S/C15H25N3OS/c1-10-5-7-13(8-6-10)18(4)9-14(19)17-15-16-11(2)12(3)20-15/h10,13H,5-9H2,1-4H3,(H,16,17,19). The Morgan fingerprint density at radius 1 is 1.35 bits per heavy atom. The van der Waals surface area contributed by atoms with Crippen molar-refractivity contribution >= 4 is 22.4 Å². The Morgan fingerprint density at radius 3 is 2.55 bits per heavy atom. The van der Waals surface area contributed by atoms with E-state index >= 15 is 0 Å². The molecule has 1 aromatic rings. The fraction of sp³-hybridized carbons (Fsp3) is 0.733. The monoisotopic (exact) mass is 295 g/mol. The molecule has 0 atom stereocenters. The van der Waals surface area contributed by atoms with E-state index in [-0.39, 0.29) is 5.91 Å². The highest BCUT2D eigenvalue weighted by Gasteiger charge is 2.23. The predicted molar refractivity (Wildman–Crippen MR) is 84.3 cm³/mol. The van der Waals surface area contributed by atoms with Crippen molar-refractivity contribution in [2.75, 3.05) is 18.9 Å². The molecule has 1 N–H and O–H groups in total. The van der Waals surface area contributed by atoms with E-state index in [0.29, 0.717) is 12.6 Å².